The van der Waals surface area contributed by atoms with Crippen LogP contribution >= 0.6 is 22.9 Å². The van der Waals surface area contributed by atoms with E-state index in [0.717, 1.165) is 80.4 Å². The van der Waals surface area contributed by atoms with Gasteiger partial charge in [-0.2, -0.15) is 5.10 Å². The van der Waals surface area contributed by atoms with E-state index in [4.69, 9.17) is 26.4 Å². The van der Waals surface area contributed by atoms with Crippen LogP contribution in [-0.4, -0.2) is 69.6 Å². The van der Waals surface area contributed by atoms with E-state index in [1.54, 1.807) is 11.3 Å². The maximum absolute atomic E-state index is 12.7. The van der Waals surface area contributed by atoms with Crippen LogP contribution in [0.15, 0.2) is 48.5 Å². The Balaban J connectivity index is 1.53. The minimum Gasteiger partial charge on any atom is -0.479 e. The molecule has 6 rings (SSSR count). The maximum Gasteiger partial charge on any atom is 0.337 e. The number of benzene rings is 3. The molecule has 1 aliphatic heterocycles. The number of carboxylic acid groups (broad SMARTS) is 1. The third-order valence-corrected chi connectivity index (χ3v) is 9.29. The molecule has 0 saturated carbocycles. The molecule has 224 valence electrons. The minimum atomic E-state index is -1.15. The number of aryl methyl sites for hydroxylation is 2. The molecule has 1 saturated heterocycles. The van der Waals surface area contributed by atoms with E-state index < -0.39 is 17.7 Å². The lowest BCUT2D eigenvalue weighted by molar-refractivity contribution is -0.160. The number of piperazine rings is 1. The molecule has 5 aromatic rings. The predicted octanol–water partition coefficient (Wildman–Crippen LogP) is 7.17. The Morgan fingerprint density at radius 3 is 2.35 bits per heavy atom. The number of hydrogen-bond donors (Lipinski definition) is 1. The summed E-state index contributed by atoms with van der Waals surface area (Å²) in [5.41, 5.74) is 5.35. The molecule has 0 radical (unpaired) electrons. The topological polar surface area (TPSA) is 83.7 Å². The zero-order valence-corrected chi connectivity index (χ0v) is 26.9. The molecule has 10 heteroatoms. The van der Waals surface area contributed by atoms with Gasteiger partial charge in [-0.05, 0) is 82.3 Å². The van der Waals surface area contributed by atoms with Crippen LogP contribution in [0.2, 0.25) is 5.02 Å². The van der Waals surface area contributed by atoms with Gasteiger partial charge in [0.25, 0.3) is 0 Å². The SMILES string of the molecule is Cc1cc2nc(-c3ccc4c(c3)c(N3CCN(C)CC3)nn4C)sc2c(-c2ccc(Cl)cc2)c1[C@H](OC(C)(C)C)C(=O)O. The molecular formula is C33H36ClN5O3S. The van der Waals surface area contributed by atoms with Crippen LogP contribution in [0.25, 0.3) is 42.8 Å². The summed E-state index contributed by atoms with van der Waals surface area (Å²) < 4.78 is 9.02. The van der Waals surface area contributed by atoms with Crippen LogP contribution < -0.4 is 4.90 Å². The van der Waals surface area contributed by atoms with E-state index >= 15 is 0 Å². The standard InChI is InChI=1S/C33H36ClN5O3S/c1-19-17-24-29(27(20-7-10-22(34)11-8-20)26(19)28(32(40)41)42-33(2,3)4)43-31(35-24)21-9-12-25-23(18-21)30(36-38(25)6)39-15-13-37(5)14-16-39/h7-12,17-18,28H,13-16H2,1-6H3,(H,40,41)/t28-/m0/s1. The molecule has 2 aromatic heterocycles. The van der Waals surface area contributed by atoms with Gasteiger partial charge >= 0.3 is 5.97 Å². The molecule has 8 nitrogen and oxygen atoms in total. The van der Waals surface area contributed by atoms with Gasteiger partial charge in [0.05, 0.1) is 21.3 Å². The number of anilines is 1. The molecule has 0 amide bonds. The van der Waals surface area contributed by atoms with Crippen LogP contribution in [-0.2, 0) is 16.6 Å². The van der Waals surface area contributed by atoms with Crippen molar-refractivity contribution in [2.75, 3.05) is 38.1 Å². The van der Waals surface area contributed by atoms with Crippen molar-refractivity contribution in [3.8, 4) is 21.7 Å². The van der Waals surface area contributed by atoms with Gasteiger partial charge in [0.15, 0.2) is 11.9 Å². The Hall–Kier alpha value is -3.50. The Morgan fingerprint density at radius 2 is 1.70 bits per heavy atom. The van der Waals surface area contributed by atoms with Crippen molar-refractivity contribution in [2.45, 2.75) is 39.4 Å². The molecule has 0 unspecified atom stereocenters. The van der Waals surface area contributed by atoms with Gasteiger partial charge in [-0.25, -0.2) is 9.78 Å². The number of thiazole rings is 1. The molecule has 1 atom stereocenters. The van der Waals surface area contributed by atoms with Gasteiger partial charge in [-0.1, -0.05) is 23.7 Å². The number of halogens is 1. The van der Waals surface area contributed by atoms with Crippen LogP contribution in [0.3, 0.4) is 0 Å². The molecule has 0 spiro atoms. The van der Waals surface area contributed by atoms with Crippen molar-refractivity contribution in [3.05, 3.63) is 64.7 Å². The van der Waals surface area contributed by atoms with E-state index in [9.17, 15) is 9.90 Å². The molecule has 0 bridgehead atoms. The Labute approximate surface area is 260 Å². The van der Waals surface area contributed by atoms with Gasteiger partial charge in [-0.15, -0.1) is 11.3 Å². The number of likely N-dealkylation sites (N-methyl/N-ethyl adjacent to an activating group) is 1. The third-order valence-electron chi connectivity index (χ3n) is 7.90. The van der Waals surface area contributed by atoms with Gasteiger partial charge < -0.3 is 19.6 Å². The Bertz CT molecular complexity index is 1830. The summed E-state index contributed by atoms with van der Waals surface area (Å²) in [4.78, 5) is 22.5. The van der Waals surface area contributed by atoms with E-state index in [1.165, 1.54) is 0 Å². The highest BCUT2D eigenvalue weighted by molar-refractivity contribution is 7.22. The number of carboxylic acids is 1. The fourth-order valence-corrected chi connectivity index (χ4v) is 7.04. The van der Waals surface area contributed by atoms with Crippen molar-refractivity contribution >= 4 is 55.8 Å². The molecular weight excluding hydrogens is 582 g/mol. The summed E-state index contributed by atoms with van der Waals surface area (Å²) in [5.74, 6) is -0.0343. The van der Waals surface area contributed by atoms with Crippen molar-refractivity contribution in [1.82, 2.24) is 19.7 Å². The monoisotopic (exact) mass is 617 g/mol. The van der Waals surface area contributed by atoms with Crippen molar-refractivity contribution in [1.29, 1.82) is 0 Å². The number of ether oxygens (including phenoxy) is 1. The first-order chi connectivity index (χ1) is 20.4. The summed E-state index contributed by atoms with van der Waals surface area (Å²) >= 11 is 7.82. The van der Waals surface area contributed by atoms with Gasteiger partial charge in [0.2, 0.25) is 0 Å². The second-order valence-corrected chi connectivity index (χ2v) is 13.7. The average Bonchev–Trinajstić information content (AvgIpc) is 3.52. The van der Waals surface area contributed by atoms with E-state index in [1.807, 2.05) is 69.8 Å². The first kappa shape index (κ1) is 29.6. The van der Waals surface area contributed by atoms with E-state index in [2.05, 4.69) is 35.0 Å². The summed E-state index contributed by atoms with van der Waals surface area (Å²) in [5, 5.41) is 17.8. The van der Waals surface area contributed by atoms with Crippen LogP contribution in [0.5, 0.6) is 0 Å². The highest BCUT2D eigenvalue weighted by atomic mass is 35.5. The number of aromatic nitrogens is 3. The van der Waals surface area contributed by atoms with E-state index in [0.29, 0.717) is 10.6 Å². The number of aliphatic carboxylic acids is 1. The van der Waals surface area contributed by atoms with E-state index in [-0.39, 0.29) is 0 Å². The molecule has 1 aliphatic rings. The number of hydrogen-bond acceptors (Lipinski definition) is 7. The van der Waals surface area contributed by atoms with Crippen LogP contribution in [0.1, 0.15) is 38.0 Å². The highest BCUT2D eigenvalue weighted by Crippen LogP contribution is 2.45. The van der Waals surface area contributed by atoms with Crippen molar-refractivity contribution in [2.24, 2.45) is 7.05 Å². The number of fused-ring (bicyclic) bond motifs is 2. The second-order valence-electron chi connectivity index (χ2n) is 12.3. The first-order valence-electron chi connectivity index (χ1n) is 14.4. The second kappa shape index (κ2) is 11.2. The Morgan fingerprint density at radius 1 is 1.02 bits per heavy atom. The zero-order valence-electron chi connectivity index (χ0n) is 25.3. The molecule has 3 aromatic carbocycles. The van der Waals surface area contributed by atoms with Crippen LogP contribution in [0.4, 0.5) is 5.82 Å². The number of rotatable bonds is 6. The normalized spacial score (nSPS) is 15.5. The average molecular weight is 618 g/mol. The van der Waals surface area contributed by atoms with Crippen molar-refractivity contribution < 1.29 is 14.6 Å². The maximum atomic E-state index is 12.7. The predicted molar refractivity (Wildman–Crippen MR) is 175 cm³/mol. The summed E-state index contributed by atoms with van der Waals surface area (Å²) in [6.45, 7) is 11.4. The summed E-state index contributed by atoms with van der Waals surface area (Å²) in [6.07, 6.45) is -1.15. The lowest BCUT2D eigenvalue weighted by atomic mass is 9.91. The quantitative estimate of drug-likeness (QED) is 0.216. The fourth-order valence-electron chi connectivity index (χ4n) is 5.79. The van der Waals surface area contributed by atoms with Crippen molar-refractivity contribution in [3.63, 3.8) is 0 Å². The number of nitrogens with zero attached hydrogens (tertiary/aromatic N) is 5. The number of carbonyl (C=O) groups is 1. The first-order valence-corrected chi connectivity index (χ1v) is 15.6. The zero-order chi connectivity index (χ0) is 30.6. The summed E-state index contributed by atoms with van der Waals surface area (Å²) in [6, 6.07) is 15.9. The largest absolute Gasteiger partial charge is 0.479 e. The van der Waals surface area contributed by atoms with Gasteiger partial charge in [-0.3, -0.25) is 4.68 Å². The lowest BCUT2D eigenvalue weighted by Crippen LogP contribution is -2.44. The fraction of sp³-hybridized carbons (Fsp3) is 0.364. The Kier molecular flexibility index (Phi) is 7.71. The lowest BCUT2D eigenvalue weighted by Gasteiger charge is -2.32. The molecule has 3 heterocycles. The van der Waals surface area contributed by atoms with Gasteiger partial charge in [0, 0.05) is 60.3 Å². The smallest absolute Gasteiger partial charge is 0.337 e. The van der Waals surface area contributed by atoms with Gasteiger partial charge in [0.1, 0.15) is 5.01 Å². The minimum absolute atomic E-state index is 0.612. The molecule has 1 fully saturated rings. The molecule has 0 aliphatic carbocycles. The highest BCUT2D eigenvalue weighted by Gasteiger charge is 2.32. The molecule has 1 N–H and O–H groups in total. The van der Waals surface area contributed by atoms with Crippen LogP contribution in [0, 0.1) is 6.92 Å². The third kappa shape index (κ3) is 5.74. The molecule has 43 heavy (non-hydrogen) atoms. The summed E-state index contributed by atoms with van der Waals surface area (Å²) in [7, 11) is 4.14.